The second-order valence-electron chi connectivity index (χ2n) is 4.87. The van der Waals surface area contributed by atoms with E-state index in [1.165, 1.54) is 5.69 Å². The maximum Gasteiger partial charge on any atom is 0.123 e. The Balaban J connectivity index is 1.90. The van der Waals surface area contributed by atoms with E-state index < -0.39 is 0 Å². The number of benzene rings is 1. The normalized spacial score (nSPS) is 10.6. The minimum Gasteiger partial charge on any atom is -0.463 e. The lowest BCUT2D eigenvalue weighted by Gasteiger charge is -2.21. The van der Waals surface area contributed by atoms with Crippen LogP contribution in [0.3, 0.4) is 0 Å². The van der Waals surface area contributed by atoms with Crippen molar-refractivity contribution in [2.24, 2.45) is 0 Å². The molecule has 0 aliphatic carbocycles. The molecule has 1 N–H and O–H groups in total. The molecule has 0 fully saturated rings. The lowest BCUT2D eigenvalue weighted by molar-refractivity contribution is 0.487. The summed E-state index contributed by atoms with van der Waals surface area (Å²) in [4.78, 5) is 2.34. The highest BCUT2D eigenvalue weighted by Crippen LogP contribution is 2.19. The van der Waals surface area contributed by atoms with Crippen LogP contribution in [0.4, 0.5) is 11.4 Å². The number of rotatable bonds is 8. The molecular weight excluding hydrogens is 280 g/mol. The van der Waals surface area contributed by atoms with Gasteiger partial charge in [0.05, 0.1) is 12.3 Å². The van der Waals surface area contributed by atoms with E-state index in [0.29, 0.717) is 0 Å². The summed E-state index contributed by atoms with van der Waals surface area (Å²) in [6.07, 6.45) is 2.08. The molecule has 3 nitrogen and oxygen atoms in total. The number of anilines is 2. The van der Waals surface area contributed by atoms with Crippen LogP contribution in [0.5, 0.6) is 0 Å². The molecule has 0 amide bonds. The summed E-state index contributed by atoms with van der Waals surface area (Å²) in [7, 11) is 0. The Bertz CT molecular complexity index is 532. The van der Waals surface area contributed by atoms with Gasteiger partial charge < -0.3 is 14.6 Å². The zero-order valence-corrected chi connectivity index (χ0v) is 13.9. The number of nitrogens with one attached hydrogen (secondary N) is 1. The molecule has 1 aromatic heterocycles. The Morgan fingerprint density at radius 2 is 1.67 bits per heavy atom. The average molecular weight is 304 g/mol. The van der Waals surface area contributed by atoms with Crippen LogP contribution in [0.25, 0.3) is 0 Å². The Hall–Kier alpha value is -1.55. The summed E-state index contributed by atoms with van der Waals surface area (Å²) in [5.41, 5.74) is 2.39. The smallest absolute Gasteiger partial charge is 0.123 e. The fraction of sp³-hybridized carbons (Fsp3) is 0.412. The topological polar surface area (TPSA) is 28.4 Å². The summed E-state index contributed by atoms with van der Waals surface area (Å²) >= 11 is 1.77. The van der Waals surface area contributed by atoms with Gasteiger partial charge >= 0.3 is 0 Å². The summed E-state index contributed by atoms with van der Waals surface area (Å²) < 4.78 is 5.75. The van der Waals surface area contributed by atoms with E-state index in [4.69, 9.17) is 4.42 Å². The fourth-order valence-corrected chi connectivity index (χ4v) is 2.74. The van der Waals surface area contributed by atoms with Crippen molar-refractivity contribution < 1.29 is 4.42 Å². The zero-order valence-electron chi connectivity index (χ0n) is 13.1. The Labute approximate surface area is 131 Å². The molecule has 0 saturated heterocycles. The minimum absolute atomic E-state index is 0.721. The Morgan fingerprint density at radius 3 is 2.29 bits per heavy atom. The van der Waals surface area contributed by atoms with Gasteiger partial charge in [-0.3, -0.25) is 0 Å². The fourth-order valence-electron chi connectivity index (χ4n) is 2.31. The van der Waals surface area contributed by atoms with Crippen molar-refractivity contribution in [3.63, 3.8) is 0 Å². The van der Waals surface area contributed by atoms with E-state index in [1.807, 2.05) is 6.07 Å². The maximum atomic E-state index is 5.75. The predicted octanol–water partition coefficient (Wildman–Crippen LogP) is 4.60. The van der Waals surface area contributed by atoms with Crippen LogP contribution < -0.4 is 10.2 Å². The molecular formula is C17H24N2OS. The van der Waals surface area contributed by atoms with Crippen molar-refractivity contribution >= 4 is 23.1 Å². The first kappa shape index (κ1) is 15.8. The van der Waals surface area contributed by atoms with Gasteiger partial charge in [0, 0.05) is 24.5 Å². The third-order valence-electron chi connectivity index (χ3n) is 3.47. The van der Waals surface area contributed by atoms with Crippen molar-refractivity contribution in [2.45, 2.75) is 26.1 Å². The Kier molecular flexibility index (Phi) is 6.05. The minimum atomic E-state index is 0.721. The molecule has 1 heterocycles. The second-order valence-corrected chi connectivity index (χ2v) is 5.74. The summed E-state index contributed by atoms with van der Waals surface area (Å²) in [5, 5.41) is 3.40. The number of hydrogen-bond donors (Lipinski definition) is 1. The van der Waals surface area contributed by atoms with Gasteiger partial charge in [-0.15, -0.1) is 0 Å². The number of furan rings is 1. The maximum absolute atomic E-state index is 5.75. The lowest BCUT2D eigenvalue weighted by Crippen LogP contribution is -2.21. The monoisotopic (exact) mass is 304 g/mol. The highest BCUT2D eigenvalue weighted by molar-refractivity contribution is 7.97. The molecule has 0 saturated carbocycles. The van der Waals surface area contributed by atoms with Gasteiger partial charge in [0.2, 0.25) is 0 Å². The third kappa shape index (κ3) is 4.46. The van der Waals surface area contributed by atoms with E-state index in [2.05, 4.69) is 60.7 Å². The quantitative estimate of drug-likeness (QED) is 0.771. The lowest BCUT2D eigenvalue weighted by atomic mass is 10.2. The van der Waals surface area contributed by atoms with Crippen LogP contribution in [-0.2, 0) is 12.3 Å². The standard InChI is InChI=1S/C17H24N2OS/c1-4-19(5-2)15-8-6-14(7-9-15)18-12-16-10-11-17(20-16)13-21-3/h6-11,18H,4-5,12-13H2,1-3H3. The molecule has 0 spiro atoms. The molecule has 0 aliphatic heterocycles. The number of hydrogen-bond acceptors (Lipinski definition) is 4. The molecule has 0 atom stereocenters. The molecule has 0 aliphatic rings. The van der Waals surface area contributed by atoms with Crippen LogP contribution in [0, 0.1) is 0 Å². The Morgan fingerprint density at radius 1 is 1.00 bits per heavy atom. The van der Waals surface area contributed by atoms with Crippen LogP contribution >= 0.6 is 11.8 Å². The molecule has 1 aromatic carbocycles. The van der Waals surface area contributed by atoms with Crippen molar-refractivity contribution in [1.82, 2.24) is 0 Å². The molecule has 2 aromatic rings. The summed E-state index contributed by atoms with van der Waals surface area (Å²) in [6.45, 7) is 7.15. The first-order valence-electron chi connectivity index (χ1n) is 7.42. The predicted molar refractivity (Wildman–Crippen MR) is 93.3 cm³/mol. The van der Waals surface area contributed by atoms with Crippen LogP contribution in [0.15, 0.2) is 40.8 Å². The average Bonchev–Trinajstić information content (AvgIpc) is 2.96. The van der Waals surface area contributed by atoms with E-state index in [1.54, 1.807) is 11.8 Å². The highest BCUT2D eigenvalue weighted by atomic mass is 32.2. The first-order chi connectivity index (χ1) is 10.3. The van der Waals surface area contributed by atoms with Crippen LogP contribution in [0.1, 0.15) is 25.4 Å². The van der Waals surface area contributed by atoms with Gasteiger partial charge in [0.1, 0.15) is 11.5 Å². The summed E-state index contributed by atoms with van der Waals surface area (Å²) in [5.74, 6) is 2.95. The van der Waals surface area contributed by atoms with Crippen molar-refractivity contribution in [2.75, 3.05) is 29.6 Å². The van der Waals surface area contributed by atoms with Crippen molar-refractivity contribution in [3.8, 4) is 0 Å². The second kappa shape index (κ2) is 8.03. The van der Waals surface area contributed by atoms with E-state index in [-0.39, 0.29) is 0 Å². The molecule has 0 bridgehead atoms. The first-order valence-corrected chi connectivity index (χ1v) is 8.81. The molecule has 114 valence electrons. The molecule has 2 rings (SSSR count). The van der Waals surface area contributed by atoms with E-state index in [0.717, 1.165) is 42.6 Å². The number of thioether (sulfide) groups is 1. The molecule has 4 heteroatoms. The van der Waals surface area contributed by atoms with Gasteiger partial charge in [0.25, 0.3) is 0 Å². The van der Waals surface area contributed by atoms with E-state index in [9.17, 15) is 0 Å². The molecule has 0 radical (unpaired) electrons. The van der Waals surface area contributed by atoms with Gasteiger partial charge in [-0.25, -0.2) is 0 Å². The number of nitrogens with zero attached hydrogens (tertiary/aromatic N) is 1. The van der Waals surface area contributed by atoms with Gasteiger partial charge in [-0.05, 0) is 56.5 Å². The zero-order chi connectivity index (χ0) is 15.1. The third-order valence-corrected chi connectivity index (χ3v) is 4.04. The van der Waals surface area contributed by atoms with Gasteiger partial charge in [-0.2, -0.15) is 11.8 Å². The summed E-state index contributed by atoms with van der Waals surface area (Å²) in [6, 6.07) is 12.7. The highest BCUT2D eigenvalue weighted by Gasteiger charge is 2.03. The molecule has 0 unspecified atom stereocenters. The van der Waals surface area contributed by atoms with Crippen molar-refractivity contribution in [1.29, 1.82) is 0 Å². The van der Waals surface area contributed by atoms with Crippen LogP contribution in [-0.4, -0.2) is 19.3 Å². The van der Waals surface area contributed by atoms with Crippen LogP contribution in [0.2, 0.25) is 0 Å². The van der Waals surface area contributed by atoms with Gasteiger partial charge in [-0.1, -0.05) is 0 Å². The largest absolute Gasteiger partial charge is 0.463 e. The SMILES string of the molecule is CCN(CC)c1ccc(NCc2ccc(CSC)o2)cc1. The van der Waals surface area contributed by atoms with Crippen molar-refractivity contribution in [3.05, 3.63) is 47.9 Å². The van der Waals surface area contributed by atoms with E-state index >= 15 is 0 Å². The molecule has 21 heavy (non-hydrogen) atoms. The van der Waals surface area contributed by atoms with Gasteiger partial charge in [0.15, 0.2) is 0 Å².